The van der Waals surface area contributed by atoms with E-state index in [1.807, 2.05) is 22.8 Å². The van der Waals surface area contributed by atoms with Gasteiger partial charge in [0.15, 0.2) is 11.0 Å². The van der Waals surface area contributed by atoms with Crippen LogP contribution in [0.15, 0.2) is 60.4 Å². The number of pyridine rings is 1. The molecule has 0 unspecified atom stereocenters. The summed E-state index contributed by atoms with van der Waals surface area (Å²) in [6.07, 6.45) is 3.43. The molecule has 2 heterocycles. The Kier molecular flexibility index (Phi) is 6.49. The predicted molar refractivity (Wildman–Crippen MR) is 109 cm³/mol. The van der Waals surface area contributed by atoms with E-state index < -0.39 is 0 Å². The Morgan fingerprint density at radius 1 is 1.22 bits per heavy atom. The molecule has 0 atom stereocenters. The van der Waals surface area contributed by atoms with Crippen LogP contribution in [0, 0.1) is 0 Å². The molecule has 0 saturated heterocycles. The number of rotatable bonds is 7. The minimum atomic E-state index is -0.225. The smallest absolute Gasteiger partial charge is 0.234 e. The minimum absolute atomic E-state index is 0.139. The lowest BCUT2D eigenvalue weighted by molar-refractivity contribution is -0.113. The Balaban J connectivity index is 1.72. The van der Waals surface area contributed by atoms with Gasteiger partial charge >= 0.3 is 0 Å². The molecule has 138 valence electrons. The summed E-state index contributed by atoms with van der Waals surface area (Å²) >= 11 is 13.3. The van der Waals surface area contributed by atoms with Crippen molar-refractivity contribution in [3.63, 3.8) is 0 Å². The van der Waals surface area contributed by atoms with Gasteiger partial charge in [0, 0.05) is 12.7 Å². The first-order valence-electron chi connectivity index (χ1n) is 7.92. The van der Waals surface area contributed by atoms with Crippen LogP contribution in [0.1, 0.15) is 0 Å². The van der Waals surface area contributed by atoms with Crippen molar-refractivity contribution in [2.24, 2.45) is 0 Å². The average molecular weight is 420 g/mol. The number of halogens is 2. The molecule has 2 aromatic heterocycles. The summed E-state index contributed by atoms with van der Waals surface area (Å²) in [6.45, 7) is 4.27. The zero-order valence-corrected chi connectivity index (χ0v) is 16.4. The number of anilines is 1. The maximum Gasteiger partial charge on any atom is 0.234 e. The third-order valence-corrected chi connectivity index (χ3v) is 5.27. The molecule has 3 aromatic rings. The van der Waals surface area contributed by atoms with E-state index in [1.165, 1.54) is 11.8 Å². The molecule has 0 aliphatic carbocycles. The maximum absolute atomic E-state index is 12.3. The van der Waals surface area contributed by atoms with Crippen molar-refractivity contribution in [1.29, 1.82) is 0 Å². The topological polar surface area (TPSA) is 72.7 Å². The minimum Gasteiger partial charge on any atom is -0.324 e. The molecule has 0 radical (unpaired) electrons. The Morgan fingerprint density at radius 3 is 2.81 bits per heavy atom. The Bertz CT molecular complexity index is 962. The SMILES string of the molecule is C=CCn1c(SCC(=O)Nc2cccc(Cl)c2Cl)nnc1-c1ccccn1. The standard InChI is InChI=1S/C18H15Cl2N5OS/c1-2-10-25-17(14-7-3-4-9-21-14)23-24-18(25)27-11-15(26)22-13-8-5-6-12(19)16(13)20/h2-9H,1,10-11H2,(H,22,26). The van der Waals surface area contributed by atoms with Crippen LogP contribution < -0.4 is 5.32 Å². The van der Waals surface area contributed by atoms with E-state index in [9.17, 15) is 4.79 Å². The summed E-state index contributed by atoms with van der Waals surface area (Å²) in [5.74, 6) is 0.536. The van der Waals surface area contributed by atoms with Crippen molar-refractivity contribution < 1.29 is 4.79 Å². The fourth-order valence-corrected chi connectivity index (χ4v) is 3.39. The molecule has 3 rings (SSSR count). The van der Waals surface area contributed by atoms with Gasteiger partial charge in [0.2, 0.25) is 5.91 Å². The highest BCUT2D eigenvalue weighted by Gasteiger charge is 2.16. The van der Waals surface area contributed by atoms with Crippen LogP contribution in [0.4, 0.5) is 5.69 Å². The number of benzene rings is 1. The zero-order chi connectivity index (χ0) is 19.2. The highest BCUT2D eigenvalue weighted by molar-refractivity contribution is 7.99. The van der Waals surface area contributed by atoms with Crippen molar-refractivity contribution in [1.82, 2.24) is 19.7 Å². The number of hydrogen-bond acceptors (Lipinski definition) is 5. The van der Waals surface area contributed by atoms with E-state index in [0.29, 0.717) is 39.0 Å². The van der Waals surface area contributed by atoms with Crippen molar-refractivity contribution in [3.8, 4) is 11.5 Å². The molecule has 27 heavy (non-hydrogen) atoms. The summed E-state index contributed by atoms with van der Waals surface area (Å²) in [5, 5.41) is 12.4. The fraction of sp³-hybridized carbons (Fsp3) is 0.111. The third-order valence-electron chi connectivity index (χ3n) is 3.48. The van der Waals surface area contributed by atoms with E-state index in [-0.39, 0.29) is 11.7 Å². The highest BCUT2D eigenvalue weighted by Crippen LogP contribution is 2.30. The molecule has 0 aliphatic heterocycles. The Morgan fingerprint density at radius 2 is 2.07 bits per heavy atom. The number of carbonyl (C=O) groups excluding carboxylic acids is 1. The molecule has 1 N–H and O–H groups in total. The first-order valence-corrected chi connectivity index (χ1v) is 9.66. The van der Waals surface area contributed by atoms with Gasteiger partial charge in [-0.15, -0.1) is 16.8 Å². The lowest BCUT2D eigenvalue weighted by Crippen LogP contribution is -2.15. The molecule has 9 heteroatoms. The molecule has 0 aliphatic rings. The van der Waals surface area contributed by atoms with Gasteiger partial charge in [0.25, 0.3) is 0 Å². The van der Waals surface area contributed by atoms with Gasteiger partial charge < -0.3 is 5.32 Å². The summed E-state index contributed by atoms with van der Waals surface area (Å²) in [4.78, 5) is 16.6. The second-order valence-corrected chi connectivity index (χ2v) is 7.09. The molecular formula is C18H15Cl2N5OS. The zero-order valence-electron chi connectivity index (χ0n) is 14.1. The second kappa shape index (κ2) is 9.03. The van der Waals surface area contributed by atoms with Crippen molar-refractivity contribution in [2.75, 3.05) is 11.1 Å². The summed E-state index contributed by atoms with van der Waals surface area (Å²) in [5.41, 5.74) is 1.17. The number of aromatic nitrogens is 4. The number of nitrogens with one attached hydrogen (secondary N) is 1. The first-order chi connectivity index (χ1) is 13.1. The molecule has 0 saturated carbocycles. The van der Waals surface area contributed by atoms with Crippen LogP contribution in [0.3, 0.4) is 0 Å². The number of hydrogen-bond donors (Lipinski definition) is 1. The third kappa shape index (κ3) is 4.68. The first kappa shape index (κ1) is 19.4. The van der Waals surface area contributed by atoms with E-state index >= 15 is 0 Å². The molecule has 6 nitrogen and oxygen atoms in total. The fourth-order valence-electron chi connectivity index (χ4n) is 2.29. The number of amides is 1. The van der Waals surface area contributed by atoms with Crippen molar-refractivity contribution in [3.05, 3.63) is 65.3 Å². The Hall–Kier alpha value is -2.35. The molecule has 0 bridgehead atoms. The number of nitrogens with zero attached hydrogens (tertiary/aromatic N) is 4. The summed E-state index contributed by atoms with van der Waals surface area (Å²) in [7, 11) is 0. The van der Waals surface area contributed by atoms with Crippen LogP contribution in [0.2, 0.25) is 10.0 Å². The van der Waals surface area contributed by atoms with Gasteiger partial charge in [0.1, 0.15) is 5.69 Å². The van der Waals surface area contributed by atoms with Crippen LogP contribution in [0.5, 0.6) is 0 Å². The van der Waals surface area contributed by atoms with Crippen LogP contribution in [-0.2, 0) is 11.3 Å². The largest absolute Gasteiger partial charge is 0.324 e. The van der Waals surface area contributed by atoms with E-state index in [2.05, 4.69) is 27.1 Å². The highest BCUT2D eigenvalue weighted by atomic mass is 35.5. The van der Waals surface area contributed by atoms with Crippen LogP contribution in [0.25, 0.3) is 11.5 Å². The van der Waals surface area contributed by atoms with E-state index in [0.717, 1.165) is 0 Å². The van der Waals surface area contributed by atoms with E-state index in [4.69, 9.17) is 23.2 Å². The molecule has 0 spiro atoms. The summed E-state index contributed by atoms with van der Waals surface area (Å²) < 4.78 is 1.86. The monoisotopic (exact) mass is 419 g/mol. The summed E-state index contributed by atoms with van der Waals surface area (Å²) in [6, 6.07) is 10.6. The number of thioether (sulfide) groups is 1. The van der Waals surface area contributed by atoms with Gasteiger partial charge in [-0.2, -0.15) is 0 Å². The molecular weight excluding hydrogens is 405 g/mol. The van der Waals surface area contributed by atoms with Gasteiger partial charge in [-0.3, -0.25) is 14.3 Å². The van der Waals surface area contributed by atoms with Gasteiger partial charge in [-0.25, -0.2) is 0 Å². The average Bonchev–Trinajstić information content (AvgIpc) is 3.07. The maximum atomic E-state index is 12.3. The lowest BCUT2D eigenvalue weighted by Gasteiger charge is -2.09. The van der Waals surface area contributed by atoms with Crippen LogP contribution in [-0.4, -0.2) is 31.4 Å². The number of allylic oxidation sites excluding steroid dienone is 1. The van der Waals surface area contributed by atoms with Gasteiger partial charge in [-0.05, 0) is 24.3 Å². The van der Waals surface area contributed by atoms with Crippen molar-refractivity contribution >= 4 is 46.6 Å². The van der Waals surface area contributed by atoms with Gasteiger partial charge in [0.05, 0.1) is 21.5 Å². The molecule has 0 fully saturated rings. The normalized spacial score (nSPS) is 10.6. The Labute approximate surface area is 170 Å². The molecule has 1 amide bonds. The lowest BCUT2D eigenvalue weighted by atomic mass is 10.3. The van der Waals surface area contributed by atoms with Crippen molar-refractivity contribution in [2.45, 2.75) is 11.7 Å². The van der Waals surface area contributed by atoms with Crippen LogP contribution >= 0.6 is 35.0 Å². The predicted octanol–water partition coefficient (Wildman–Crippen LogP) is 4.56. The molecule has 1 aromatic carbocycles. The second-order valence-electron chi connectivity index (χ2n) is 5.36. The quantitative estimate of drug-likeness (QED) is 0.448. The van der Waals surface area contributed by atoms with Gasteiger partial charge in [-0.1, -0.05) is 53.2 Å². The van der Waals surface area contributed by atoms with E-state index in [1.54, 1.807) is 30.5 Å². The number of carbonyl (C=O) groups is 1.